The van der Waals surface area contributed by atoms with Crippen LogP contribution >= 0.6 is 34.8 Å². The van der Waals surface area contributed by atoms with Gasteiger partial charge in [-0.15, -0.1) is 0 Å². The number of benzene rings is 3. The molecule has 5 nitrogen and oxygen atoms in total. The number of nitrogens with one attached hydrogen (secondary N) is 2. The molecule has 0 saturated carbocycles. The molecule has 0 amide bonds. The number of quaternary nitrogens is 1. The number of pyridine rings is 1. The third-order valence-corrected chi connectivity index (χ3v) is 7.72. The van der Waals surface area contributed by atoms with Gasteiger partial charge in [0.05, 0.1) is 49.7 Å². The van der Waals surface area contributed by atoms with E-state index in [9.17, 15) is 4.79 Å². The number of halogens is 3. The van der Waals surface area contributed by atoms with Gasteiger partial charge in [-0.05, 0) is 59.5 Å². The van der Waals surface area contributed by atoms with E-state index in [1.807, 2.05) is 6.07 Å². The van der Waals surface area contributed by atoms with Crippen LogP contribution in [0.25, 0.3) is 23.1 Å². The van der Waals surface area contributed by atoms with Gasteiger partial charge in [0.2, 0.25) is 0 Å². The maximum atomic E-state index is 12.5. The van der Waals surface area contributed by atoms with E-state index < -0.39 is 5.97 Å². The summed E-state index contributed by atoms with van der Waals surface area (Å²) in [5.41, 5.74) is 6.42. The highest BCUT2D eigenvalue weighted by Gasteiger charge is 2.25. The summed E-state index contributed by atoms with van der Waals surface area (Å²) in [6.45, 7) is 4.39. The molecule has 1 aliphatic rings. The van der Waals surface area contributed by atoms with E-state index in [-0.39, 0.29) is 18.2 Å². The highest BCUT2D eigenvalue weighted by Crippen LogP contribution is 2.35. The van der Waals surface area contributed by atoms with Crippen molar-refractivity contribution in [3.63, 3.8) is 0 Å². The molecule has 1 unspecified atom stereocenters. The van der Waals surface area contributed by atoms with Crippen molar-refractivity contribution in [3.05, 3.63) is 104 Å². The summed E-state index contributed by atoms with van der Waals surface area (Å²) in [5, 5.41) is 5.87. The van der Waals surface area contributed by atoms with Crippen LogP contribution in [0.5, 0.6) is 0 Å². The van der Waals surface area contributed by atoms with E-state index in [1.54, 1.807) is 25.1 Å². The summed E-state index contributed by atoms with van der Waals surface area (Å²) in [7, 11) is 2.19. The summed E-state index contributed by atoms with van der Waals surface area (Å²) in [6, 6.07) is 19.7. The highest BCUT2D eigenvalue weighted by molar-refractivity contribution is 6.39. The van der Waals surface area contributed by atoms with Crippen LogP contribution in [0.3, 0.4) is 0 Å². The Morgan fingerprint density at radius 2 is 1.74 bits per heavy atom. The minimum absolute atomic E-state index is 0.193. The van der Waals surface area contributed by atoms with Crippen LogP contribution in [-0.4, -0.2) is 44.2 Å². The van der Waals surface area contributed by atoms with Crippen LogP contribution in [0.2, 0.25) is 15.1 Å². The molecule has 4 aromatic rings. The molecule has 39 heavy (non-hydrogen) atoms. The number of carbonyl (C=O) groups excluding carboxylic acids is 1. The van der Waals surface area contributed by atoms with Crippen LogP contribution in [-0.2, 0) is 4.74 Å². The SMILES string of the molecule is CCOC(=O)c1cc(NCC[NH+](C)C[C@@H]2c3ccccc3C=Cc3ccc(Cl)cc32)c2c(Cl)cc(Cl)cc2n1. The van der Waals surface area contributed by atoms with Gasteiger partial charge in [-0.1, -0.05) is 77.3 Å². The molecule has 1 heterocycles. The van der Waals surface area contributed by atoms with Crippen molar-refractivity contribution < 1.29 is 14.4 Å². The average molecular weight is 582 g/mol. The zero-order valence-corrected chi connectivity index (χ0v) is 24.0. The molecule has 3 aromatic carbocycles. The second-order valence-electron chi connectivity index (χ2n) is 9.68. The van der Waals surface area contributed by atoms with E-state index >= 15 is 0 Å². The molecule has 0 radical (unpaired) electrons. The summed E-state index contributed by atoms with van der Waals surface area (Å²) in [4.78, 5) is 18.3. The van der Waals surface area contributed by atoms with Crippen LogP contribution in [0.1, 0.15) is 45.6 Å². The molecule has 0 fully saturated rings. The van der Waals surface area contributed by atoms with Crippen molar-refractivity contribution in [1.82, 2.24) is 4.98 Å². The number of hydrogen-bond donors (Lipinski definition) is 2. The Balaban J connectivity index is 1.37. The zero-order valence-electron chi connectivity index (χ0n) is 21.7. The molecule has 0 saturated heterocycles. The first kappa shape index (κ1) is 27.5. The molecule has 200 valence electrons. The Morgan fingerprint density at radius 3 is 2.54 bits per heavy atom. The molecule has 0 aliphatic heterocycles. The third-order valence-electron chi connectivity index (χ3n) is 6.97. The van der Waals surface area contributed by atoms with Crippen LogP contribution < -0.4 is 10.2 Å². The summed E-state index contributed by atoms with van der Waals surface area (Å²) < 4.78 is 5.18. The van der Waals surface area contributed by atoms with Gasteiger partial charge in [0.15, 0.2) is 5.69 Å². The molecule has 0 spiro atoms. The van der Waals surface area contributed by atoms with Crippen molar-refractivity contribution in [1.29, 1.82) is 0 Å². The van der Waals surface area contributed by atoms with Crippen molar-refractivity contribution in [2.45, 2.75) is 12.8 Å². The number of likely N-dealkylation sites (N-methyl/N-ethyl adjacent to an activating group) is 1. The summed E-state index contributed by atoms with van der Waals surface area (Å²) in [6.07, 6.45) is 4.36. The summed E-state index contributed by atoms with van der Waals surface area (Å²) in [5.74, 6) is -0.294. The molecule has 1 aliphatic carbocycles. The number of fused-ring (bicyclic) bond motifs is 3. The average Bonchev–Trinajstić information content (AvgIpc) is 3.05. The fraction of sp³-hybridized carbons (Fsp3) is 0.226. The number of esters is 1. The fourth-order valence-electron chi connectivity index (χ4n) is 5.14. The third kappa shape index (κ3) is 6.07. The van der Waals surface area contributed by atoms with Crippen LogP contribution in [0.15, 0.2) is 60.7 Å². The van der Waals surface area contributed by atoms with E-state index in [0.717, 1.165) is 29.2 Å². The van der Waals surface area contributed by atoms with Crippen LogP contribution in [0, 0.1) is 0 Å². The normalized spacial score (nSPS) is 14.8. The van der Waals surface area contributed by atoms with Gasteiger partial charge < -0.3 is 15.0 Å². The lowest BCUT2D eigenvalue weighted by atomic mass is 9.87. The lowest BCUT2D eigenvalue weighted by Gasteiger charge is -2.24. The number of rotatable bonds is 8. The van der Waals surface area contributed by atoms with Gasteiger partial charge in [-0.3, -0.25) is 0 Å². The Bertz CT molecular complexity index is 1570. The number of anilines is 1. The second-order valence-corrected chi connectivity index (χ2v) is 11.0. The predicted octanol–water partition coefficient (Wildman–Crippen LogP) is 6.61. The van der Waals surface area contributed by atoms with Crippen molar-refractivity contribution >= 4 is 69.5 Å². The number of nitrogens with zero attached hydrogens (tertiary/aromatic N) is 1. The van der Waals surface area contributed by atoms with E-state index in [2.05, 4.69) is 65.9 Å². The lowest BCUT2D eigenvalue weighted by molar-refractivity contribution is -0.878. The van der Waals surface area contributed by atoms with Crippen molar-refractivity contribution in [2.75, 3.05) is 38.6 Å². The molecule has 1 aromatic heterocycles. The number of hydrogen-bond acceptors (Lipinski definition) is 4. The van der Waals surface area contributed by atoms with Gasteiger partial charge in [0.1, 0.15) is 0 Å². The number of ether oxygens (including phenoxy) is 1. The first-order valence-electron chi connectivity index (χ1n) is 12.9. The molecule has 8 heteroatoms. The minimum Gasteiger partial charge on any atom is -0.461 e. The Labute approximate surface area is 243 Å². The van der Waals surface area contributed by atoms with Gasteiger partial charge in [-0.25, -0.2) is 9.78 Å². The first-order chi connectivity index (χ1) is 18.8. The van der Waals surface area contributed by atoms with Gasteiger partial charge >= 0.3 is 5.97 Å². The number of carbonyl (C=O) groups is 1. The molecule has 0 bridgehead atoms. The maximum absolute atomic E-state index is 12.5. The van der Waals surface area contributed by atoms with Gasteiger partial charge in [-0.2, -0.15) is 0 Å². The molecular weight excluding hydrogens is 553 g/mol. The van der Waals surface area contributed by atoms with Crippen LogP contribution in [0.4, 0.5) is 5.69 Å². The first-order valence-corrected chi connectivity index (χ1v) is 14.1. The largest absolute Gasteiger partial charge is 0.461 e. The Hall–Kier alpha value is -3.09. The monoisotopic (exact) mass is 580 g/mol. The Morgan fingerprint density at radius 1 is 0.974 bits per heavy atom. The van der Waals surface area contributed by atoms with Gasteiger partial charge in [0.25, 0.3) is 0 Å². The van der Waals surface area contributed by atoms with Gasteiger partial charge in [0, 0.05) is 21.1 Å². The zero-order chi connectivity index (χ0) is 27.5. The second kappa shape index (κ2) is 12.0. The molecular formula is C31H29Cl3N3O2+. The smallest absolute Gasteiger partial charge is 0.357 e. The fourth-order valence-corrected chi connectivity index (χ4v) is 5.91. The van der Waals surface area contributed by atoms with E-state index in [1.165, 1.54) is 27.2 Å². The van der Waals surface area contributed by atoms with E-state index in [4.69, 9.17) is 39.5 Å². The quantitative estimate of drug-likeness (QED) is 0.230. The predicted molar refractivity (Wildman–Crippen MR) is 161 cm³/mol. The molecule has 2 N–H and O–H groups in total. The maximum Gasteiger partial charge on any atom is 0.357 e. The minimum atomic E-state index is -0.487. The lowest BCUT2D eigenvalue weighted by Crippen LogP contribution is -3.10. The van der Waals surface area contributed by atoms with Crippen molar-refractivity contribution in [3.8, 4) is 0 Å². The molecule has 2 atom stereocenters. The van der Waals surface area contributed by atoms with Crippen molar-refractivity contribution in [2.24, 2.45) is 0 Å². The highest BCUT2D eigenvalue weighted by atomic mass is 35.5. The number of aromatic nitrogens is 1. The van der Waals surface area contributed by atoms with E-state index in [0.29, 0.717) is 22.1 Å². The Kier molecular flexibility index (Phi) is 8.43. The topological polar surface area (TPSA) is 55.7 Å². The molecule has 5 rings (SSSR count). The standard InChI is InChI=1S/C31H28Cl3N3O2/c1-3-39-31(38)29-17-27(30-26(34)15-22(33)16-28(30)36-29)35-12-13-37(2)18-25-23-7-5-4-6-19(23)8-9-20-10-11-21(32)14-24(20)25/h4-11,14-17,25H,3,12-13,18H2,1-2H3,(H,35,36)/p+1/t25-/m1/s1. The summed E-state index contributed by atoms with van der Waals surface area (Å²) >= 11 is 19.2.